The van der Waals surface area contributed by atoms with E-state index in [1.807, 2.05) is 19.1 Å². The smallest absolute Gasteiger partial charge is 0.339 e. The predicted octanol–water partition coefficient (Wildman–Crippen LogP) is 3.11. The summed E-state index contributed by atoms with van der Waals surface area (Å²) in [5, 5.41) is 20.8. The number of anilines is 1. The van der Waals surface area contributed by atoms with Crippen LogP contribution in [-0.4, -0.2) is 22.1 Å². The van der Waals surface area contributed by atoms with Crippen LogP contribution in [-0.2, 0) is 4.79 Å². The van der Waals surface area contributed by atoms with Crippen molar-refractivity contribution in [3.8, 4) is 5.75 Å². The van der Waals surface area contributed by atoms with E-state index in [1.165, 1.54) is 24.3 Å². The van der Waals surface area contributed by atoms with Gasteiger partial charge in [0.2, 0.25) is 5.91 Å². The Morgan fingerprint density at radius 2 is 2.00 bits per heavy atom. The normalized spacial score (nSPS) is 10.7. The average Bonchev–Trinajstić information content (AvgIpc) is 2.84. The number of aromatic hydroxyl groups is 1. The van der Waals surface area contributed by atoms with Crippen molar-refractivity contribution < 1.29 is 19.8 Å². The van der Waals surface area contributed by atoms with Gasteiger partial charge in [0.05, 0.1) is 0 Å². The average molecular weight is 303 g/mol. The van der Waals surface area contributed by atoms with E-state index in [2.05, 4.69) is 5.32 Å². The monoisotopic (exact) mass is 303 g/mol. The highest BCUT2D eigenvalue weighted by Crippen LogP contribution is 2.21. The molecule has 1 heterocycles. The first-order chi connectivity index (χ1) is 9.95. The maximum Gasteiger partial charge on any atom is 0.339 e. The number of carbonyl (C=O) groups excluding carboxylic acids is 1. The summed E-state index contributed by atoms with van der Waals surface area (Å²) in [5.41, 5.74) is 0.0490. The molecule has 0 radical (unpaired) electrons. The molecule has 108 valence electrons. The number of aromatic carboxylic acids is 1. The Balaban J connectivity index is 2.07. The van der Waals surface area contributed by atoms with E-state index in [-0.39, 0.29) is 17.2 Å². The van der Waals surface area contributed by atoms with Crippen molar-refractivity contribution in [1.29, 1.82) is 0 Å². The lowest BCUT2D eigenvalue weighted by Gasteiger charge is -2.05. The van der Waals surface area contributed by atoms with Crippen molar-refractivity contribution >= 4 is 35.0 Å². The number of hydrogen-bond donors (Lipinski definition) is 3. The SMILES string of the molecule is Cc1ccc(/C=C/C(=O)Nc2ccc(O)c(C(=O)O)c2)s1. The zero-order valence-electron chi connectivity index (χ0n) is 11.2. The largest absolute Gasteiger partial charge is 0.507 e. The quantitative estimate of drug-likeness (QED) is 0.598. The van der Waals surface area contributed by atoms with Gasteiger partial charge in [-0.1, -0.05) is 0 Å². The van der Waals surface area contributed by atoms with Gasteiger partial charge in [-0.2, -0.15) is 0 Å². The molecule has 5 nitrogen and oxygen atoms in total. The first-order valence-electron chi connectivity index (χ1n) is 6.07. The number of hydrogen-bond acceptors (Lipinski definition) is 4. The first kappa shape index (κ1) is 14.8. The Labute approximate surface area is 125 Å². The summed E-state index contributed by atoms with van der Waals surface area (Å²) in [6, 6.07) is 7.74. The zero-order valence-corrected chi connectivity index (χ0v) is 12.0. The Morgan fingerprint density at radius 1 is 1.24 bits per heavy atom. The molecule has 3 N–H and O–H groups in total. The minimum Gasteiger partial charge on any atom is -0.507 e. The van der Waals surface area contributed by atoms with Gasteiger partial charge in [-0.15, -0.1) is 11.3 Å². The third-order valence-electron chi connectivity index (χ3n) is 2.65. The highest BCUT2D eigenvalue weighted by atomic mass is 32.1. The number of carbonyl (C=O) groups is 2. The fourth-order valence-electron chi connectivity index (χ4n) is 1.67. The molecule has 1 aromatic carbocycles. The van der Waals surface area contributed by atoms with Gasteiger partial charge in [-0.05, 0) is 43.3 Å². The summed E-state index contributed by atoms with van der Waals surface area (Å²) in [6.07, 6.45) is 3.06. The third-order valence-corrected chi connectivity index (χ3v) is 3.62. The molecule has 0 aliphatic heterocycles. The molecule has 0 saturated heterocycles. The van der Waals surface area contributed by atoms with Gasteiger partial charge in [0.15, 0.2) is 0 Å². The van der Waals surface area contributed by atoms with Crippen LogP contribution < -0.4 is 5.32 Å². The topological polar surface area (TPSA) is 86.6 Å². The second-order valence-electron chi connectivity index (χ2n) is 4.31. The summed E-state index contributed by atoms with van der Waals surface area (Å²) in [5.74, 6) is -1.97. The van der Waals surface area contributed by atoms with Crippen molar-refractivity contribution in [3.05, 3.63) is 51.7 Å². The van der Waals surface area contributed by atoms with Crippen LogP contribution in [0.1, 0.15) is 20.1 Å². The van der Waals surface area contributed by atoms with Crippen LogP contribution in [0.5, 0.6) is 5.75 Å². The number of phenols is 1. The zero-order chi connectivity index (χ0) is 15.4. The molecule has 0 aliphatic carbocycles. The number of amides is 1. The number of benzene rings is 1. The number of aryl methyl sites for hydroxylation is 1. The van der Waals surface area contributed by atoms with Gasteiger partial charge in [0.1, 0.15) is 11.3 Å². The molecule has 0 unspecified atom stereocenters. The summed E-state index contributed by atoms with van der Waals surface area (Å²) in [6.45, 7) is 1.98. The fraction of sp³-hybridized carbons (Fsp3) is 0.0667. The van der Waals surface area contributed by atoms with Crippen LogP contribution in [0.2, 0.25) is 0 Å². The van der Waals surface area contributed by atoms with Crippen LogP contribution in [0.15, 0.2) is 36.4 Å². The highest BCUT2D eigenvalue weighted by Gasteiger charge is 2.10. The van der Waals surface area contributed by atoms with Crippen molar-refractivity contribution in [2.75, 3.05) is 5.32 Å². The van der Waals surface area contributed by atoms with Gasteiger partial charge in [0, 0.05) is 21.5 Å². The molecule has 1 aromatic heterocycles. The van der Waals surface area contributed by atoms with Gasteiger partial charge in [0.25, 0.3) is 0 Å². The summed E-state index contributed by atoms with van der Waals surface area (Å²) >= 11 is 1.57. The summed E-state index contributed by atoms with van der Waals surface area (Å²) in [7, 11) is 0. The molecule has 0 spiro atoms. The van der Waals surface area contributed by atoms with Crippen molar-refractivity contribution in [2.24, 2.45) is 0 Å². The van der Waals surface area contributed by atoms with Gasteiger partial charge >= 0.3 is 5.97 Å². The third kappa shape index (κ3) is 3.93. The Morgan fingerprint density at radius 3 is 2.62 bits per heavy atom. The fourth-order valence-corrected chi connectivity index (χ4v) is 2.45. The van der Waals surface area contributed by atoms with Crippen LogP contribution >= 0.6 is 11.3 Å². The number of nitrogens with one attached hydrogen (secondary N) is 1. The predicted molar refractivity (Wildman–Crippen MR) is 81.8 cm³/mol. The lowest BCUT2D eigenvalue weighted by Crippen LogP contribution is -2.08. The van der Waals surface area contributed by atoms with E-state index in [9.17, 15) is 14.7 Å². The molecule has 0 atom stereocenters. The lowest BCUT2D eigenvalue weighted by molar-refractivity contribution is -0.111. The van der Waals surface area contributed by atoms with E-state index in [0.717, 1.165) is 9.75 Å². The van der Waals surface area contributed by atoms with E-state index in [1.54, 1.807) is 17.4 Å². The molecule has 2 rings (SSSR count). The molecule has 2 aromatic rings. The van der Waals surface area contributed by atoms with E-state index in [4.69, 9.17) is 5.11 Å². The standard InChI is InChI=1S/C15H13NO4S/c1-9-2-4-11(21-9)5-7-14(18)16-10-3-6-13(17)12(8-10)15(19)20/h2-8,17H,1H3,(H,16,18)(H,19,20)/b7-5+. The van der Waals surface area contributed by atoms with Crippen molar-refractivity contribution in [1.82, 2.24) is 0 Å². The number of thiophene rings is 1. The van der Waals surface area contributed by atoms with E-state index < -0.39 is 5.97 Å². The number of carboxylic acids is 1. The second kappa shape index (κ2) is 6.23. The van der Waals surface area contributed by atoms with Crippen LogP contribution in [0.4, 0.5) is 5.69 Å². The maximum atomic E-state index is 11.8. The molecular formula is C15H13NO4S. The second-order valence-corrected chi connectivity index (χ2v) is 5.63. The minimum atomic E-state index is -1.26. The van der Waals surface area contributed by atoms with Gasteiger partial charge < -0.3 is 15.5 Å². The van der Waals surface area contributed by atoms with Gasteiger partial charge in [-0.25, -0.2) is 4.79 Å². The molecular weight excluding hydrogens is 290 g/mol. The molecule has 0 aliphatic rings. The van der Waals surface area contributed by atoms with Crippen molar-refractivity contribution in [3.63, 3.8) is 0 Å². The Kier molecular flexibility index (Phi) is 4.39. The van der Waals surface area contributed by atoms with E-state index in [0.29, 0.717) is 5.69 Å². The van der Waals surface area contributed by atoms with Crippen LogP contribution in [0.25, 0.3) is 6.08 Å². The number of rotatable bonds is 4. The van der Waals surface area contributed by atoms with Crippen LogP contribution in [0.3, 0.4) is 0 Å². The maximum absolute atomic E-state index is 11.8. The summed E-state index contributed by atoms with van der Waals surface area (Å²) < 4.78 is 0. The lowest BCUT2D eigenvalue weighted by atomic mass is 10.2. The van der Waals surface area contributed by atoms with Crippen molar-refractivity contribution in [2.45, 2.75) is 6.92 Å². The Hall–Kier alpha value is -2.60. The van der Waals surface area contributed by atoms with Gasteiger partial charge in [-0.3, -0.25) is 4.79 Å². The molecule has 1 amide bonds. The number of carboxylic acid groups (broad SMARTS) is 1. The molecule has 0 fully saturated rings. The highest BCUT2D eigenvalue weighted by molar-refractivity contribution is 7.12. The molecule has 0 saturated carbocycles. The summed E-state index contributed by atoms with van der Waals surface area (Å²) in [4.78, 5) is 24.8. The molecule has 0 bridgehead atoms. The van der Waals surface area contributed by atoms with Crippen LogP contribution in [0, 0.1) is 6.92 Å². The first-order valence-corrected chi connectivity index (χ1v) is 6.89. The molecule has 21 heavy (non-hydrogen) atoms. The van der Waals surface area contributed by atoms with E-state index >= 15 is 0 Å². The minimum absolute atomic E-state index is 0.259. The molecule has 6 heteroatoms. The Bertz CT molecular complexity index is 718.